The van der Waals surface area contributed by atoms with Crippen LogP contribution in [0.4, 0.5) is 5.82 Å². The molecule has 0 saturated heterocycles. The molecule has 0 spiro atoms. The zero-order valence-corrected chi connectivity index (χ0v) is 10.7. The van der Waals surface area contributed by atoms with Gasteiger partial charge in [-0.25, -0.2) is 4.98 Å². The van der Waals surface area contributed by atoms with Gasteiger partial charge in [0.25, 0.3) is 0 Å². The third-order valence-electron chi connectivity index (χ3n) is 2.03. The summed E-state index contributed by atoms with van der Waals surface area (Å²) in [6.45, 7) is 9.01. The van der Waals surface area contributed by atoms with Crippen LogP contribution in [-0.2, 0) is 0 Å². The molecule has 0 bridgehead atoms. The van der Waals surface area contributed by atoms with Gasteiger partial charge in [-0.05, 0) is 25.5 Å². The number of rotatable bonds is 3. The Hall–Kier alpha value is -1.25. The number of nitrogens with zero attached hydrogens (tertiary/aromatic N) is 2. The molecular weight excluding hydrogens is 188 g/mol. The second kappa shape index (κ2) is 7.10. The molecule has 3 nitrogen and oxygen atoms in total. The van der Waals surface area contributed by atoms with Gasteiger partial charge in [-0.15, -0.1) is 0 Å². The molecule has 0 radical (unpaired) electrons. The maximum Gasteiger partial charge on any atom is 0.171 e. The van der Waals surface area contributed by atoms with Gasteiger partial charge in [0.05, 0.1) is 7.11 Å². The second-order valence-electron chi connectivity index (χ2n) is 3.05. The molecule has 0 saturated carbocycles. The van der Waals surface area contributed by atoms with Crippen LogP contribution in [0.2, 0.25) is 0 Å². The second-order valence-corrected chi connectivity index (χ2v) is 3.05. The van der Waals surface area contributed by atoms with Crippen molar-refractivity contribution in [3.63, 3.8) is 0 Å². The average Bonchev–Trinajstić information content (AvgIpc) is 2.30. The summed E-state index contributed by atoms with van der Waals surface area (Å²) < 4.78 is 5.24. The molecule has 1 rings (SSSR count). The predicted octanol–water partition coefficient (Wildman–Crippen LogP) is 2.88. The average molecular weight is 210 g/mol. The van der Waals surface area contributed by atoms with Crippen LogP contribution in [0.25, 0.3) is 0 Å². The fourth-order valence-electron chi connectivity index (χ4n) is 1.12. The Morgan fingerprint density at radius 2 is 2.00 bits per heavy atom. The summed E-state index contributed by atoms with van der Waals surface area (Å²) in [5.41, 5.74) is 1.12. The highest BCUT2D eigenvalue weighted by atomic mass is 16.5. The van der Waals surface area contributed by atoms with Crippen molar-refractivity contribution < 1.29 is 4.74 Å². The van der Waals surface area contributed by atoms with Crippen LogP contribution in [0.15, 0.2) is 12.3 Å². The molecule has 0 atom stereocenters. The van der Waals surface area contributed by atoms with Crippen molar-refractivity contribution in [1.29, 1.82) is 0 Å². The Balaban J connectivity index is 0.000000921. The first-order chi connectivity index (χ1) is 7.19. The van der Waals surface area contributed by atoms with Gasteiger partial charge < -0.3 is 9.64 Å². The summed E-state index contributed by atoms with van der Waals surface area (Å²) in [7, 11) is 3.67. The van der Waals surface area contributed by atoms with Crippen LogP contribution in [0, 0.1) is 6.92 Å². The molecule has 0 aliphatic heterocycles. The van der Waals surface area contributed by atoms with Crippen LogP contribution in [-0.4, -0.2) is 25.7 Å². The van der Waals surface area contributed by atoms with Gasteiger partial charge in [0.15, 0.2) is 11.6 Å². The van der Waals surface area contributed by atoms with E-state index < -0.39 is 0 Å². The molecule has 86 valence electrons. The summed E-state index contributed by atoms with van der Waals surface area (Å²) in [4.78, 5) is 6.37. The van der Waals surface area contributed by atoms with Gasteiger partial charge in [0, 0.05) is 19.8 Å². The van der Waals surface area contributed by atoms with E-state index in [-0.39, 0.29) is 0 Å². The first-order valence-electron chi connectivity index (χ1n) is 5.40. The van der Waals surface area contributed by atoms with Crippen molar-refractivity contribution >= 4 is 5.82 Å². The van der Waals surface area contributed by atoms with E-state index in [1.54, 1.807) is 7.11 Å². The Bertz CT molecular complexity index is 287. The van der Waals surface area contributed by atoms with E-state index in [1.807, 2.05) is 40.1 Å². The summed E-state index contributed by atoms with van der Waals surface area (Å²) in [6.07, 6.45) is 1.85. The van der Waals surface area contributed by atoms with Crippen LogP contribution < -0.4 is 9.64 Å². The molecule has 1 aromatic heterocycles. The first-order valence-corrected chi connectivity index (χ1v) is 5.40. The lowest BCUT2D eigenvalue weighted by molar-refractivity contribution is 0.413. The van der Waals surface area contributed by atoms with Crippen LogP contribution in [0.5, 0.6) is 5.75 Å². The Morgan fingerprint density at radius 1 is 1.40 bits per heavy atom. The lowest BCUT2D eigenvalue weighted by Gasteiger charge is -2.18. The number of hydrogen-bond donors (Lipinski definition) is 0. The molecule has 0 aliphatic rings. The maximum atomic E-state index is 5.24. The van der Waals surface area contributed by atoms with Crippen LogP contribution in [0.3, 0.4) is 0 Å². The van der Waals surface area contributed by atoms with E-state index in [1.165, 1.54) is 0 Å². The van der Waals surface area contributed by atoms with Crippen LogP contribution >= 0.6 is 0 Å². The third kappa shape index (κ3) is 3.78. The number of aromatic nitrogens is 1. The van der Waals surface area contributed by atoms with E-state index in [0.717, 1.165) is 23.7 Å². The van der Waals surface area contributed by atoms with E-state index in [2.05, 4.69) is 16.8 Å². The molecule has 1 aromatic rings. The summed E-state index contributed by atoms with van der Waals surface area (Å²) in [5.74, 6) is 1.74. The molecule has 0 fully saturated rings. The lowest BCUT2D eigenvalue weighted by atomic mass is 10.3. The van der Waals surface area contributed by atoms with E-state index in [9.17, 15) is 0 Å². The zero-order valence-electron chi connectivity index (χ0n) is 10.7. The van der Waals surface area contributed by atoms with Gasteiger partial charge >= 0.3 is 0 Å². The smallest absolute Gasteiger partial charge is 0.171 e. The number of ether oxygens (including phenoxy) is 1. The largest absolute Gasteiger partial charge is 0.493 e. The van der Waals surface area contributed by atoms with Gasteiger partial charge in [-0.2, -0.15) is 0 Å². The third-order valence-corrected chi connectivity index (χ3v) is 2.03. The van der Waals surface area contributed by atoms with Crippen molar-refractivity contribution in [2.75, 3.05) is 25.6 Å². The van der Waals surface area contributed by atoms with Crippen molar-refractivity contribution in [2.45, 2.75) is 27.7 Å². The minimum Gasteiger partial charge on any atom is -0.493 e. The lowest BCUT2D eigenvalue weighted by Crippen LogP contribution is -2.18. The highest BCUT2D eigenvalue weighted by Gasteiger charge is 2.07. The van der Waals surface area contributed by atoms with Crippen molar-refractivity contribution in [1.82, 2.24) is 4.98 Å². The number of pyridine rings is 1. The Morgan fingerprint density at radius 3 is 2.47 bits per heavy atom. The van der Waals surface area contributed by atoms with Crippen molar-refractivity contribution in [3.8, 4) is 5.75 Å². The molecule has 0 amide bonds. The zero-order chi connectivity index (χ0) is 11.8. The maximum absolute atomic E-state index is 5.24. The summed E-state index contributed by atoms with van der Waals surface area (Å²) >= 11 is 0. The Kier molecular flexibility index (Phi) is 6.50. The van der Waals surface area contributed by atoms with Gasteiger partial charge in [0.2, 0.25) is 0 Å². The highest BCUT2D eigenvalue weighted by Crippen LogP contribution is 2.24. The number of anilines is 1. The first kappa shape index (κ1) is 13.8. The minimum atomic E-state index is 0.837. The quantitative estimate of drug-likeness (QED) is 0.767. The Labute approximate surface area is 93.1 Å². The highest BCUT2D eigenvalue weighted by molar-refractivity contribution is 5.52. The molecule has 0 unspecified atom stereocenters. The fourth-order valence-corrected chi connectivity index (χ4v) is 1.12. The number of methoxy groups -OCH3 is 1. The molecule has 15 heavy (non-hydrogen) atoms. The number of hydrogen-bond acceptors (Lipinski definition) is 3. The predicted molar refractivity (Wildman–Crippen MR) is 65.8 cm³/mol. The van der Waals surface area contributed by atoms with Crippen molar-refractivity contribution in [2.24, 2.45) is 0 Å². The van der Waals surface area contributed by atoms with E-state index in [0.29, 0.717) is 0 Å². The normalized spacial score (nSPS) is 8.93. The van der Waals surface area contributed by atoms with Gasteiger partial charge in [0.1, 0.15) is 0 Å². The minimum absolute atomic E-state index is 0.837. The summed E-state index contributed by atoms with van der Waals surface area (Å²) in [6, 6.07) is 1.99. The SMILES string of the molecule is CC.CCN(C)c1ncc(C)cc1OC. The molecule has 0 aromatic carbocycles. The topological polar surface area (TPSA) is 25.4 Å². The molecular formula is C12H22N2O. The molecule has 3 heteroatoms. The number of aryl methyl sites for hydroxylation is 1. The van der Waals surface area contributed by atoms with E-state index >= 15 is 0 Å². The van der Waals surface area contributed by atoms with Crippen LogP contribution in [0.1, 0.15) is 26.3 Å². The fraction of sp³-hybridized carbons (Fsp3) is 0.583. The van der Waals surface area contributed by atoms with Crippen molar-refractivity contribution in [3.05, 3.63) is 17.8 Å². The molecule has 0 N–H and O–H groups in total. The van der Waals surface area contributed by atoms with Gasteiger partial charge in [-0.1, -0.05) is 13.8 Å². The monoisotopic (exact) mass is 210 g/mol. The molecule has 0 aliphatic carbocycles. The molecule has 1 heterocycles. The summed E-state index contributed by atoms with van der Waals surface area (Å²) in [5, 5.41) is 0. The van der Waals surface area contributed by atoms with E-state index in [4.69, 9.17) is 4.74 Å². The van der Waals surface area contributed by atoms with Gasteiger partial charge in [-0.3, -0.25) is 0 Å². The standard InChI is InChI=1S/C10H16N2O.C2H6/c1-5-12(3)10-9(13-4)6-8(2)7-11-10;1-2/h6-7H,5H2,1-4H3;1-2H3.